The Kier molecular flexibility index (Phi) is 2.98. The van der Waals surface area contributed by atoms with Gasteiger partial charge in [-0.15, -0.1) is 11.3 Å². The normalized spacial score (nSPS) is 11.2. The Morgan fingerprint density at radius 1 is 1.35 bits per heavy atom. The fourth-order valence-electron chi connectivity index (χ4n) is 2.42. The lowest BCUT2D eigenvalue weighted by Crippen LogP contribution is -2.15. The Balaban J connectivity index is 1.85. The lowest BCUT2D eigenvalue weighted by molar-refractivity contribution is 0.102. The zero-order chi connectivity index (χ0) is 16.0. The van der Waals surface area contributed by atoms with Crippen LogP contribution in [0.5, 0.6) is 0 Å². The predicted octanol–water partition coefficient (Wildman–Crippen LogP) is 2.19. The molecule has 0 saturated heterocycles. The summed E-state index contributed by atoms with van der Waals surface area (Å²) in [5.74, 6) is -0.361. The fourth-order valence-corrected chi connectivity index (χ4v) is 3.10. The summed E-state index contributed by atoms with van der Waals surface area (Å²) in [6, 6.07) is 7.11. The molecule has 0 aliphatic rings. The Hall–Kier alpha value is -3.00. The highest BCUT2D eigenvalue weighted by Gasteiger charge is 2.17. The number of aromatic amines is 1. The van der Waals surface area contributed by atoms with Gasteiger partial charge in [-0.2, -0.15) is 5.10 Å². The van der Waals surface area contributed by atoms with Gasteiger partial charge in [0.05, 0.1) is 22.8 Å². The van der Waals surface area contributed by atoms with E-state index in [4.69, 9.17) is 0 Å². The molecule has 1 amide bonds. The van der Waals surface area contributed by atoms with Crippen molar-refractivity contribution in [1.29, 1.82) is 0 Å². The van der Waals surface area contributed by atoms with Gasteiger partial charge in [0.15, 0.2) is 5.13 Å². The molecular weight excluding hydrogens is 314 g/mol. The van der Waals surface area contributed by atoms with E-state index in [1.807, 2.05) is 18.4 Å². The van der Waals surface area contributed by atoms with Crippen LogP contribution in [0.15, 0.2) is 40.6 Å². The summed E-state index contributed by atoms with van der Waals surface area (Å²) in [6.07, 6.45) is 1.44. The molecule has 0 atom stereocenters. The summed E-state index contributed by atoms with van der Waals surface area (Å²) in [7, 11) is 0. The van der Waals surface area contributed by atoms with Crippen LogP contribution in [0.2, 0.25) is 0 Å². The maximum absolute atomic E-state index is 12.4. The first-order chi connectivity index (χ1) is 11.1. The van der Waals surface area contributed by atoms with Gasteiger partial charge < -0.3 is 4.98 Å². The zero-order valence-corrected chi connectivity index (χ0v) is 12.8. The predicted molar refractivity (Wildman–Crippen MR) is 88.1 cm³/mol. The number of aryl methyl sites for hydroxylation is 1. The van der Waals surface area contributed by atoms with Gasteiger partial charge in [-0.1, -0.05) is 12.1 Å². The van der Waals surface area contributed by atoms with Crippen LogP contribution in [-0.2, 0) is 0 Å². The number of para-hydroxylation sites is 1. The van der Waals surface area contributed by atoms with E-state index in [9.17, 15) is 9.59 Å². The number of carbonyl (C=O) groups is 1. The molecule has 0 fully saturated rings. The Morgan fingerprint density at radius 3 is 2.96 bits per heavy atom. The zero-order valence-electron chi connectivity index (χ0n) is 12.0. The van der Waals surface area contributed by atoms with Gasteiger partial charge in [0.1, 0.15) is 11.2 Å². The number of nitrogens with one attached hydrogen (secondary N) is 2. The summed E-state index contributed by atoms with van der Waals surface area (Å²) in [5, 5.41) is 9.82. The van der Waals surface area contributed by atoms with Gasteiger partial charge >= 0.3 is 0 Å². The molecule has 0 saturated carbocycles. The van der Waals surface area contributed by atoms with Crippen molar-refractivity contribution in [3.63, 3.8) is 0 Å². The quantitative estimate of drug-likeness (QED) is 0.591. The average Bonchev–Trinajstić information content (AvgIpc) is 3.14. The molecule has 0 aliphatic carbocycles. The van der Waals surface area contributed by atoms with Crippen LogP contribution in [0.4, 0.5) is 5.13 Å². The average molecular weight is 325 g/mol. The number of fused-ring (bicyclic) bond motifs is 3. The van der Waals surface area contributed by atoms with Crippen molar-refractivity contribution in [1.82, 2.24) is 19.6 Å². The van der Waals surface area contributed by atoms with E-state index < -0.39 is 0 Å². The molecular formula is C15H11N5O2S. The minimum atomic E-state index is -0.361. The van der Waals surface area contributed by atoms with Crippen LogP contribution >= 0.6 is 11.3 Å². The van der Waals surface area contributed by atoms with Gasteiger partial charge in [-0.3, -0.25) is 14.9 Å². The number of carbonyl (C=O) groups excluding carboxylic acids is 1. The third-order valence-electron chi connectivity index (χ3n) is 3.46. The molecule has 8 heteroatoms. The van der Waals surface area contributed by atoms with E-state index in [0.717, 1.165) is 5.69 Å². The van der Waals surface area contributed by atoms with Crippen molar-refractivity contribution in [2.75, 3.05) is 5.32 Å². The van der Waals surface area contributed by atoms with Crippen LogP contribution in [0, 0.1) is 6.92 Å². The molecule has 0 unspecified atom stereocenters. The highest BCUT2D eigenvalue weighted by molar-refractivity contribution is 7.13. The van der Waals surface area contributed by atoms with Crippen LogP contribution < -0.4 is 10.9 Å². The third-order valence-corrected chi connectivity index (χ3v) is 4.34. The van der Waals surface area contributed by atoms with Crippen molar-refractivity contribution in [3.8, 4) is 0 Å². The second-order valence-corrected chi connectivity index (χ2v) is 5.90. The minimum Gasteiger partial charge on any atom is -0.306 e. The molecule has 114 valence electrons. The number of benzene rings is 1. The standard InChI is InChI=1S/C15H11N5O2S/c1-8-7-23-15(17-8)19-14(22)10-6-16-20-11-5-3-2-4-9(11)13(21)18-12(10)20/h2-7H,1H3,(H,18,21)(H,17,19,22). The van der Waals surface area contributed by atoms with E-state index >= 15 is 0 Å². The molecule has 23 heavy (non-hydrogen) atoms. The number of anilines is 1. The number of amides is 1. The van der Waals surface area contributed by atoms with E-state index in [1.54, 1.807) is 22.7 Å². The molecule has 0 aliphatic heterocycles. The van der Waals surface area contributed by atoms with Crippen molar-refractivity contribution < 1.29 is 4.79 Å². The van der Waals surface area contributed by atoms with E-state index in [0.29, 0.717) is 27.2 Å². The molecule has 2 N–H and O–H groups in total. The SMILES string of the molecule is Cc1csc(NC(=O)c2cnn3c2[nH]c(=O)c2ccccc23)n1. The number of H-pyrrole nitrogens is 1. The second-order valence-electron chi connectivity index (χ2n) is 5.04. The smallest absolute Gasteiger partial charge is 0.262 e. The van der Waals surface area contributed by atoms with Crippen LogP contribution in [0.25, 0.3) is 16.6 Å². The number of nitrogens with zero attached hydrogens (tertiary/aromatic N) is 3. The first-order valence-electron chi connectivity index (χ1n) is 6.86. The molecule has 4 rings (SSSR count). The van der Waals surface area contributed by atoms with Crippen molar-refractivity contribution in [2.45, 2.75) is 6.92 Å². The number of aromatic nitrogens is 4. The highest BCUT2D eigenvalue weighted by Crippen LogP contribution is 2.18. The van der Waals surface area contributed by atoms with Gasteiger partial charge in [0.25, 0.3) is 11.5 Å². The minimum absolute atomic E-state index is 0.257. The lowest BCUT2D eigenvalue weighted by Gasteiger charge is -2.02. The van der Waals surface area contributed by atoms with E-state index in [1.165, 1.54) is 17.5 Å². The first-order valence-corrected chi connectivity index (χ1v) is 7.74. The maximum atomic E-state index is 12.4. The molecule has 0 radical (unpaired) electrons. The van der Waals surface area contributed by atoms with Crippen molar-refractivity contribution in [2.24, 2.45) is 0 Å². The Bertz CT molecular complexity index is 1110. The van der Waals surface area contributed by atoms with Gasteiger partial charge in [0.2, 0.25) is 0 Å². The van der Waals surface area contributed by atoms with Crippen LogP contribution in [-0.4, -0.2) is 25.5 Å². The largest absolute Gasteiger partial charge is 0.306 e. The number of hydrogen-bond donors (Lipinski definition) is 2. The summed E-state index contributed by atoms with van der Waals surface area (Å²) in [4.78, 5) is 31.5. The number of thiazole rings is 1. The summed E-state index contributed by atoms with van der Waals surface area (Å²) >= 11 is 1.34. The van der Waals surface area contributed by atoms with E-state index in [2.05, 4.69) is 20.4 Å². The molecule has 0 bridgehead atoms. The third kappa shape index (κ3) is 2.20. The van der Waals surface area contributed by atoms with Gasteiger partial charge in [0, 0.05) is 5.38 Å². The Labute approximate surface area is 133 Å². The molecule has 3 aromatic heterocycles. The molecule has 0 spiro atoms. The number of hydrogen-bond acceptors (Lipinski definition) is 5. The molecule has 7 nitrogen and oxygen atoms in total. The Morgan fingerprint density at radius 2 is 2.17 bits per heavy atom. The fraction of sp³-hybridized carbons (Fsp3) is 0.0667. The molecule has 1 aromatic carbocycles. The van der Waals surface area contributed by atoms with Gasteiger partial charge in [-0.05, 0) is 19.1 Å². The van der Waals surface area contributed by atoms with Crippen molar-refractivity contribution in [3.05, 3.63) is 57.5 Å². The second kappa shape index (κ2) is 5.03. The van der Waals surface area contributed by atoms with Crippen LogP contribution in [0.1, 0.15) is 16.1 Å². The summed E-state index contributed by atoms with van der Waals surface area (Å²) in [5.41, 5.74) is 1.88. The topological polar surface area (TPSA) is 92.2 Å². The molecule has 3 heterocycles. The van der Waals surface area contributed by atoms with Crippen LogP contribution in [0.3, 0.4) is 0 Å². The lowest BCUT2D eigenvalue weighted by atomic mass is 10.2. The highest BCUT2D eigenvalue weighted by atomic mass is 32.1. The first kappa shape index (κ1) is 13.6. The monoisotopic (exact) mass is 325 g/mol. The maximum Gasteiger partial charge on any atom is 0.262 e. The summed E-state index contributed by atoms with van der Waals surface area (Å²) in [6.45, 7) is 1.85. The molecule has 4 aromatic rings. The van der Waals surface area contributed by atoms with E-state index in [-0.39, 0.29) is 11.5 Å². The van der Waals surface area contributed by atoms with Gasteiger partial charge in [-0.25, -0.2) is 9.50 Å². The number of rotatable bonds is 2. The summed E-state index contributed by atoms with van der Waals surface area (Å²) < 4.78 is 1.55. The van der Waals surface area contributed by atoms with Crippen molar-refractivity contribution >= 4 is 38.9 Å².